The van der Waals surface area contributed by atoms with Crippen LogP contribution in [0.1, 0.15) is 27.9 Å². The van der Waals surface area contributed by atoms with Crippen molar-refractivity contribution in [3.63, 3.8) is 0 Å². The molecular formula is C30H32FIN4O8. The largest absolute Gasteiger partial charge is 0.510 e. The number of aliphatic hydroxyl groups is 3. The lowest BCUT2D eigenvalue weighted by atomic mass is 9.58. The number of benzene rings is 1. The summed E-state index contributed by atoms with van der Waals surface area (Å²) in [5.74, 6) is -6.91. The topological polar surface area (TPSA) is 196 Å². The molecule has 0 fully saturated rings. The van der Waals surface area contributed by atoms with E-state index in [1.165, 1.54) is 12.0 Å². The molecule has 1 heterocycles. The number of carbonyl (C=O) groups is 3. The number of allylic oxidation sites excluding steroid dienone is 1. The summed E-state index contributed by atoms with van der Waals surface area (Å²) in [5, 5.41) is 48.7. The number of aliphatic hydroxyl groups excluding tert-OH is 2. The van der Waals surface area contributed by atoms with Crippen LogP contribution < -0.4 is 15.8 Å². The van der Waals surface area contributed by atoms with Crippen LogP contribution in [-0.2, 0) is 22.6 Å². The number of pyridine rings is 1. The van der Waals surface area contributed by atoms with E-state index in [2.05, 4.69) is 10.3 Å². The summed E-state index contributed by atoms with van der Waals surface area (Å²) in [6.45, 7) is -0.683. The summed E-state index contributed by atoms with van der Waals surface area (Å²) >= 11 is 1.86. The normalized spacial score (nSPS) is 25.5. The molecule has 12 nitrogen and oxygen atoms in total. The lowest BCUT2D eigenvalue weighted by Gasteiger charge is -2.50. The number of halogens is 2. The maximum atomic E-state index is 14.3. The lowest BCUT2D eigenvalue weighted by Crippen LogP contribution is -2.63. The first-order valence-corrected chi connectivity index (χ1v) is 15.0. The van der Waals surface area contributed by atoms with E-state index in [1.807, 2.05) is 22.6 Å². The van der Waals surface area contributed by atoms with Crippen LogP contribution >= 0.6 is 22.6 Å². The number of amides is 1. The number of methoxy groups -OCH3 is 1. The van der Waals surface area contributed by atoms with Gasteiger partial charge in [-0.1, -0.05) is 22.6 Å². The van der Waals surface area contributed by atoms with Gasteiger partial charge < -0.3 is 30.9 Å². The Hall–Kier alpha value is -3.60. The van der Waals surface area contributed by atoms with Gasteiger partial charge in [-0.2, -0.15) is 0 Å². The predicted octanol–water partition coefficient (Wildman–Crippen LogP) is 2.01. The van der Waals surface area contributed by atoms with Crippen LogP contribution in [0.2, 0.25) is 0 Å². The first kappa shape index (κ1) is 31.8. The zero-order valence-corrected chi connectivity index (χ0v) is 26.3. The molecule has 1 amide bonds. The number of nitrogens with zero attached hydrogens (tertiary/aromatic N) is 2. The number of carbonyl (C=O) groups excluding carboxylic acids is 3. The molecule has 44 heavy (non-hydrogen) atoms. The minimum atomic E-state index is -2.74. The Morgan fingerprint density at radius 2 is 2.00 bits per heavy atom. The minimum absolute atomic E-state index is 0.00395. The average Bonchev–Trinajstić information content (AvgIpc) is 2.98. The molecule has 0 aliphatic heterocycles. The third-order valence-corrected chi connectivity index (χ3v) is 9.48. The van der Waals surface area contributed by atoms with E-state index < -0.39 is 74.5 Å². The van der Waals surface area contributed by atoms with Crippen LogP contribution in [-0.4, -0.2) is 91.4 Å². The first-order valence-electron chi connectivity index (χ1n) is 13.7. The number of ether oxygens (including phenoxy) is 1. The van der Waals surface area contributed by atoms with Crippen molar-refractivity contribution in [3.8, 4) is 22.8 Å². The number of Topliss-reactive ketones (excluding diaryl/α,β-unsaturated/α-hetero) is 2. The van der Waals surface area contributed by atoms with Crippen LogP contribution in [0.25, 0.3) is 11.1 Å². The van der Waals surface area contributed by atoms with Crippen molar-refractivity contribution in [1.29, 1.82) is 0 Å². The fraction of sp³-hybridized carbons (Fsp3) is 0.400. The zero-order valence-electron chi connectivity index (χ0n) is 24.1. The Balaban J connectivity index is 1.72. The standard InChI is InChI=1S/C30H32FIN4O8/c1-36(2)23-17-8-13-6-16-15(12-4-5-19(44-3)35-10-12)7-14(11-34-18(32)9-31)24(37)21(16)25(38)20(13)27(40)30(17,43)28(41)22(26(23)39)29(33)42/h4-5,7,10,13,17-18,23,34,37,39-40,43H,6,8-9,11H2,1-3H3,(H2,33,42)/t13-,17-,18?,23-,30-/m0/s1. The molecule has 0 saturated heterocycles. The fourth-order valence-electron chi connectivity index (χ4n) is 6.70. The second-order valence-electron chi connectivity index (χ2n) is 11.3. The van der Waals surface area contributed by atoms with Crippen LogP contribution in [0.3, 0.4) is 0 Å². The van der Waals surface area contributed by atoms with Crippen LogP contribution in [0.4, 0.5) is 4.39 Å². The van der Waals surface area contributed by atoms with E-state index in [4.69, 9.17) is 10.5 Å². The highest BCUT2D eigenvalue weighted by atomic mass is 127. The molecule has 3 aliphatic carbocycles. The van der Waals surface area contributed by atoms with Gasteiger partial charge in [0.2, 0.25) is 11.7 Å². The summed E-state index contributed by atoms with van der Waals surface area (Å²) in [6.07, 6.45) is 1.62. The predicted molar refractivity (Wildman–Crippen MR) is 164 cm³/mol. The first-order chi connectivity index (χ1) is 20.8. The van der Waals surface area contributed by atoms with E-state index >= 15 is 0 Å². The molecule has 3 aliphatic rings. The van der Waals surface area contributed by atoms with Crippen molar-refractivity contribution in [2.75, 3.05) is 27.9 Å². The number of alkyl halides is 2. The van der Waals surface area contributed by atoms with Crippen molar-refractivity contribution >= 4 is 40.1 Å². The Morgan fingerprint density at radius 1 is 1.30 bits per heavy atom. The number of aromatic hydroxyl groups is 1. The van der Waals surface area contributed by atoms with Gasteiger partial charge in [0.25, 0.3) is 5.91 Å². The molecule has 2 aromatic rings. The summed E-state index contributed by atoms with van der Waals surface area (Å²) in [5.41, 5.74) is 3.27. The number of aromatic nitrogens is 1. The second kappa shape index (κ2) is 11.7. The molecule has 5 atom stereocenters. The molecule has 14 heteroatoms. The molecule has 5 rings (SSSR count). The van der Waals surface area contributed by atoms with Gasteiger partial charge >= 0.3 is 0 Å². The maximum Gasteiger partial charge on any atom is 0.255 e. The van der Waals surface area contributed by atoms with Crippen LogP contribution in [0, 0.1) is 11.8 Å². The Morgan fingerprint density at radius 3 is 2.57 bits per heavy atom. The van der Waals surface area contributed by atoms with Gasteiger partial charge in [0.05, 0.1) is 22.8 Å². The quantitative estimate of drug-likeness (QED) is 0.101. The highest BCUT2D eigenvalue weighted by Gasteiger charge is 2.63. The number of nitrogens with two attached hydrogens (primary N) is 1. The van der Waals surface area contributed by atoms with E-state index in [0.29, 0.717) is 22.6 Å². The summed E-state index contributed by atoms with van der Waals surface area (Å²) in [7, 11) is 4.61. The number of phenolic OH excluding ortho intramolecular Hbond substituents is 1. The van der Waals surface area contributed by atoms with Gasteiger partial charge in [-0.3, -0.25) is 24.6 Å². The number of phenols is 1. The lowest BCUT2D eigenvalue weighted by molar-refractivity contribution is -0.148. The molecule has 0 spiro atoms. The average molecular weight is 723 g/mol. The number of hydrogen-bond donors (Lipinski definition) is 6. The van der Waals surface area contributed by atoms with Crippen LogP contribution in [0.15, 0.2) is 47.1 Å². The zero-order chi connectivity index (χ0) is 32.2. The van der Waals surface area contributed by atoms with Crippen molar-refractivity contribution < 1.29 is 43.9 Å². The maximum absolute atomic E-state index is 14.3. The van der Waals surface area contributed by atoms with E-state index in [9.17, 15) is 39.2 Å². The number of likely N-dealkylation sites (N-methyl/N-ethyl adjacent to an activating group) is 1. The van der Waals surface area contributed by atoms with Gasteiger partial charge in [-0.25, -0.2) is 9.37 Å². The smallest absolute Gasteiger partial charge is 0.255 e. The Kier molecular flexibility index (Phi) is 8.48. The molecule has 0 bridgehead atoms. The van der Waals surface area contributed by atoms with Crippen molar-refractivity contribution in [1.82, 2.24) is 15.2 Å². The Bertz CT molecular complexity index is 1630. The number of rotatable bonds is 8. The number of hydrogen-bond acceptors (Lipinski definition) is 11. The van der Waals surface area contributed by atoms with E-state index in [0.717, 1.165) is 0 Å². The summed E-state index contributed by atoms with van der Waals surface area (Å²) < 4.78 is 17.8. The second-order valence-corrected chi connectivity index (χ2v) is 12.8. The van der Waals surface area contributed by atoms with Gasteiger partial charge in [0, 0.05) is 41.4 Å². The number of nitrogens with one attached hydrogen (secondary N) is 1. The highest BCUT2D eigenvalue weighted by Crippen LogP contribution is 2.53. The molecule has 1 unspecified atom stereocenters. The molecule has 0 radical (unpaired) electrons. The molecule has 0 saturated carbocycles. The molecule has 7 N–H and O–H groups in total. The van der Waals surface area contributed by atoms with Gasteiger partial charge in [-0.15, -0.1) is 0 Å². The van der Waals surface area contributed by atoms with Gasteiger partial charge in [0.1, 0.15) is 29.5 Å². The molecule has 1 aromatic heterocycles. The summed E-state index contributed by atoms with van der Waals surface area (Å²) in [6, 6.07) is 3.97. The number of fused-ring (bicyclic) bond motifs is 3. The molecule has 1 aromatic carbocycles. The SMILES string of the molecule is COc1ccc(-c2cc(CNC(I)CF)c(O)c3c2C[C@H]2C[C@H]4[C@H](N(C)C)C(O)=C(C(N)=O)C(=O)[C@@]4(O)C(O)=C2C3=O)cn1. The third-order valence-electron chi connectivity index (χ3n) is 8.71. The van der Waals surface area contributed by atoms with Crippen molar-refractivity contribution in [3.05, 3.63) is 63.8 Å². The van der Waals surface area contributed by atoms with Crippen LogP contribution in [0.5, 0.6) is 11.6 Å². The van der Waals surface area contributed by atoms with E-state index in [-0.39, 0.29) is 36.1 Å². The van der Waals surface area contributed by atoms with E-state index in [1.54, 1.807) is 38.5 Å². The van der Waals surface area contributed by atoms with Crippen molar-refractivity contribution in [2.24, 2.45) is 17.6 Å². The highest BCUT2D eigenvalue weighted by molar-refractivity contribution is 14.1. The van der Waals surface area contributed by atoms with Gasteiger partial charge in [0.15, 0.2) is 11.4 Å². The number of primary amides is 1. The number of ketones is 2. The Labute approximate surface area is 265 Å². The monoisotopic (exact) mass is 722 g/mol. The molecular weight excluding hydrogens is 690 g/mol. The molecule has 234 valence electrons. The summed E-state index contributed by atoms with van der Waals surface area (Å²) in [4.78, 5) is 45.8. The third kappa shape index (κ3) is 4.83. The van der Waals surface area contributed by atoms with Crippen molar-refractivity contribution in [2.45, 2.75) is 35.1 Å². The van der Waals surface area contributed by atoms with Gasteiger partial charge in [-0.05, 0) is 56.1 Å². The minimum Gasteiger partial charge on any atom is -0.510 e. The fourth-order valence-corrected chi connectivity index (χ4v) is 6.92.